The van der Waals surface area contributed by atoms with Crippen molar-refractivity contribution in [2.75, 3.05) is 6.61 Å². The fraction of sp³-hybridized carbons (Fsp3) is 0.464. The summed E-state index contributed by atoms with van der Waals surface area (Å²) in [6.07, 6.45) is 3.19. The molecule has 3 rings (SSSR count). The number of carbonyl (C=O) groups is 3. The number of ether oxygens (including phenoxy) is 1. The monoisotopic (exact) mass is 480 g/mol. The van der Waals surface area contributed by atoms with Gasteiger partial charge in [0.25, 0.3) is 0 Å². The Labute approximate surface area is 207 Å². The zero-order valence-corrected chi connectivity index (χ0v) is 20.6. The van der Waals surface area contributed by atoms with E-state index in [-0.39, 0.29) is 43.4 Å². The van der Waals surface area contributed by atoms with Gasteiger partial charge in [-0.3, -0.25) is 9.59 Å². The molecule has 0 saturated heterocycles. The van der Waals surface area contributed by atoms with E-state index >= 15 is 0 Å². The zero-order chi connectivity index (χ0) is 25.2. The first-order valence-corrected chi connectivity index (χ1v) is 12.6. The van der Waals surface area contributed by atoms with Crippen molar-refractivity contribution in [2.45, 2.75) is 76.8 Å². The first-order chi connectivity index (χ1) is 16.9. The highest BCUT2D eigenvalue weighted by Crippen LogP contribution is 2.44. The lowest BCUT2D eigenvalue weighted by Crippen LogP contribution is -2.39. The third-order valence-corrected chi connectivity index (χ3v) is 6.57. The summed E-state index contributed by atoms with van der Waals surface area (Å²) in [5, 5.41) is 14.8. The molecule has 188 valence electrons. The molecular weight excluding hydrogens is 444 g/mol. The van der Waals surface area contributed by atoms with Crippen LogP contribution in [0.25, 0.3) is 11.1 Å². The molecule has 2 aromatic rings. The van der Waals surface area contributed by atoms with E-state index in [1.807, 2.05) is 38.1 Å². The van der Waals surface area contributed by atoms with Crippen LogP contribution in [0.5, 0.6) is 0 Å². The molecular formula is C28H36N2O5. The number of fused-ring (bicyclic) bond motifs is 3. The number of carboxylic acid groups (broad SMARTS) is 1. The smallest absolute Gasteiger partial charge is 0.407 e. The average molecular weight is 481 g/mol. The molecule has 0 radical (unpaired) electrons. The van der Waals surface area contributed by atoms with Crippen molar-refractivity contribution in [3.63, 3.8) is 0 Å². The molecule has 0 spiro atoms. The number of carbonyl (C=O) groups excluding carboxylic acids is 2. The van der Waals surface area contributed by atoms with Crippen molar-refractivity contribution < 1.29 is 24.2 Å². The van der Waals surface area contributed by atoms with Gasteiger partial charge in [0.1, 0.15) is 6.61 Å². The molecule has 1 aliphatic carbocycles. The second-order valence-electron chi connectivity index (χ2n) is 9.12. The third-order valence-electron chi connectivity index (χ3n) is 6.57. The van der Waals surface area contributed by atoms with Crippen LogP contribution in [-0.4, -0.2) is 41.8 Å². The first kappa shape index (κ1) is 26.3. The second-order valence-corrected chi connectivity index (χ2v) is 9.12. The fourth-order valence-electron chi connectivity index (χ4n) is 4.68. The maximum atomic E-state index is 12.6. The maximum absolute atomic E-state index is 12.6. The second kappa shape index (κ2) is 12.9. The van der Waals surface area contributed by atoms with Crippen LogP contribution in [0.2, 0.25) is 0 Å². The van der Waals surface area contributed by atoms with Gasteiger partial charge in [0, 0.05) is 24.4 Å². The van der Waals surface area contributed by atoms with Crippen molar-refractivity contribution in [3.8, 4) is 11.1 Å². The van der Waals surface area contributed by atoms with E-state index < -0.39 is 12.1 Å². The van der Waals surface area contributed by atoms with Crippen LogP contribution >= 0.6 is 0 Å². The van der Waals surface area contributed by atoms with E-state index in [9.17, 15) is 14.4 Å². The quantitative estimate of drug-likeness (QED) is 0.364. The van der Waals surface area contributed by atoms with Gasteiger partial charge in [0.05, 0.1) is 6.42 Å². The number of rotatable bonds is 13. The molecule has 1 aliphatic rings. The van der Waals surface area contributed by atoms with Crippen molar-refractivity contribution in [2.24, 2.45) is 0 Å². The molecule has 0 bridgehead atoms. The van der Waals surface area contributed by atoms with Crippen LogP contribution in [0, 0.1) is 0 Å². The number of unbranched alkanes of at least 4 members (excludes halogenated alkanes) is 1. The molecule has 7 nitrogen and oxygen atoms in total. The van der Waals surface area contributed by atoms with E-state index in [2.05, 4.69) is 34.9 Å². The number of amides is 2. The van der Waals surface area contributed by atoms with Gasteiger partial charge in [0.2, 0.25) is 5.91 Å². The molecule has 2 unspecified atom stereocenters. The molecule has 2 atom stereocenters. The van der Waals surface area contributed by atoms with Crippen LogP contribution in [0.3, 0.4) is 0 Å². The minimum Gasteiger partial charge on any atom is -0.481 e. The standard InChI is InChI=1S/C28H36N2O5/c1-3-5-10-20(17-27(32)33)29-26(31)16-15-19(4-2)30-28(34)35-18-25-23-13-8-6-11-21(23)22-12-7-9-14-24(22)25/h6-9,11-14,19-20,25H,3-5,10,15-18H2,1-2H3,(H,29,31)(H,30,34)(H,32,33). The summed E-state index contributed by atoms with van der Waals surface area (Å²) in [5.41, 5.74) is 4.66. The van der Waals surface area contributed by atoms with Crippen molar-refractivity contribution in [3.05, 3.63) is 59.7 Å². The van der Waals surface area contributed by atoms with Crippen molar-refractivity contribution >= 4 is 18.0 Å². The van der Waals surface area contributed by atoms with Gasteiger partial charge >= 0.3 is 12.1 Å². The minimum absolute atomic E-state index is 0.00621. The molecule has 7 heteroatoms. The highest BCUT2D eigenvalue weighted by Gasteiger charge is 2.29. The largest absolute Gasteiger partial charge is 0.481 e. The van der Waals surface area contributed by atoms with Gasteiger partial charge in [-0.2, -0.15) is 0 Å². The molecule has 0 heterocycles. The van der Waals surface area contributed by atoms with Crippen LogP contribution in [0.4, 0.5) is 4.79 Å². The van der Waals surface area contributed by atoms with Gasteiger partial charge in [-0.25, -0.2) is 4.79 Å². The van der Waals surface area contributed by atoms with Gasteiger partial charge in [-0.05, 0) is 41.5 Å². The molecule has 35 heavy (non-hydrogen) atoms. The molecule has 3 N–H and O–H groups in total. The maximum Gasteiger partial charge on any atom is 0.407 e. The Morgan fingerprint density at radius 1 is 0.914 bits per heavy atom. The summed E-state index contributed by atoms with van der Waals surface area (Å²) >= 11 is 0. The first-order valence-electron chi connectivity index (χ1n) is 12.6. The molecule has 2 aromatic carbocycles. The number of aliphatic carboxylic acids is 1. The topological polar surface area (TPSA) is 105 Å². The van der Waals surface area contributed by atoms with E-state index in [0.29, 0.717) is 19.3 Å². The number of benzene rings is 2. The van der Waals surface area contributed by atoms with E-state index in [0.717, 1.165) is 24.0 Å². The van der Waals surface area contributed by atoms with Crippen LogP contribution < -0.4 is 10.6 Å². The summed E-state index contributed by atoms with van der Waals surface area (Å²) in [7, 11) is 0. The predicted molar refractivity (Wildman–Crippen MR) is 135 cm³/mol. The summed E-state index contributed by atoms with van der Waals surface area (Å²) in [5.74, 6) is -1.12. The van der Waals surface area contributed by atoms with Crippen LogP contribution in [-0.2, 0) is 14.3 Å². The Kier molecular flexibility index (Phi) is 9.70. The lowest BCUT2D eigenvalue weighted by molar-refractivity contribution is -0.137. The number of hydrogen-bond acceptors (Lipinski definition) is 4. The fourth-order valence-corrected chi connectivity index (χ4v) is 4.68. The van der Waals surface area contributed by atoms with Gasteiger partial charge < -0.3 is 20.5 Å². The normalized spacial score (nSPS) is 13.9. The number of hydrogen-bond donors (Lipinski definition) is 3. The predicted octanol–water partition coefficient (Wildman–Crippen LogP) is 5.23. The molecule has 0 aromatic heterocycles. The average Bonchev–Trinajstić information content (AvgIpc) is 3.17. The third kappa shape index (κ3) is 7.31. The van der Waals surface area contributed by atoms with E-state index in [1.54, 1.807) is 0 Å². The highest BCUT2D eigenvalue weighted by molar-refractivity contribution is 5.79. The molecule has 0 fully saturated rings. The Balaban J connectivity index is 1.48. The van der Waals surface area contributed by atoms with Gasteiger partial charge in [0.15, 0.2) is 0 Å². The van der Waals surface area contributed by atoms with Crippen molar-refractivity contribution in [1.29, 1.82) is 0 Å². The highest BCUT2D eigenvalue weighted by atomic mass is 16.5. The van der Waals surface area contributed by atoms with Crippen molar-refractivity contribution in [1.82, 2.24) is 10.6 Å². The molecule has 2 amide bonds. The number of carboxylic acids is 1. The Morgan fingerprint density at radius 2 is 1.54 bits per heavy atom. The summed E-state index contributed by atoms with van der Waals surface area (Å²) < 4.78 is 5.62. The Morgan fingerprint density at radius 3 is 2.11 bits per heavy atom. The van der Waals surface area contributed by atoms with Crippen LogP contribution in [0.1, 0.15) is 75.8 Å². The Bertz CT molecular complexity index is 976. The van der Waals surface area contributed by atoms with Gasteiger partial charge in [-0.1, -0.05) is 75.2 Å². The lowest BCUT2D eigenvalue weighted by Gasteiger charge is -2.20. The van der Waals surface area contributed by atoms with E-state index in [4.69, 9.17) is 9.84 Å². The minimum atomic E-state index is -0.922. The number of nitrogens with one attached hydrogen (secondary N) is 2. The van der Waals surface area contributed by atoms with Gasteiger partial charge in [-0.15, -0.1) is 0 Å². The number of alkyl carbamates (subject to hydrolysis) is 1. The Hall–Kier alpha value is -3.35. The lowest BCUT2D eigenvalue weighted by atomic mass is 9.98. The van der Waals surface area contributed by atoms with Crippen LogP contribution in [0.15, 0.2) is 48.5 Å². The molecule has 0 saturated carbocycles. The SMILES string of the molecule is CCCCC(CC(=O)O)NC(=O)CCC(CC)NC(=O)OCC1c2ccccc2-c2ccccc21. The molecule has 0 aliphatic heterocycles. The van der Waals surface area contributed by atoms with E-state index in [1.165, 1.54) is 11.1 Å². The zero-order valence-electron chi connectivity index (χ0n) is 20.6. The summed E-state index contributed by atoms with van der Waals surface area (Å²) in [4.78, 5) is 36.0. The summed E-state index contributed by atoms with van der Waals surface area (Å²) in [6.45, 7) is 4.21. The summed E-state index contributed by atoms with van der Waals surface area (Å²) in [6, 6.07) is 15.8.